The lowest BCUT2D eigenvalue weighted by Gasteiger charge is -2.28. The SMILES string of the molecule is N[C@@H]1CCCC[C@H]1Nc1ncc(-c2ccc(F)c(F)c2)o1. The van der Waals surface area contributed by atoms with Gasteiger partial charge in [0.1, 0.15) is 0 Å². The van der Waals surface area contributed by atoms with Crippen molar-refractivity contribution < 1.29 is 13.2 Å². The number of hydrogen-bond donors (Lipinski definition) is 2. The van der Waals surface area contributed by atoms with Crippen molar-refractivity contribution in [1.29, 1.82) is 0 Å². The summed E-state index contributed by atoms with van der Waals surface area (Å²) in [7, 11) is 0. The Kier molecular flexibility index (Phi) is 3.88. The predicted molar refractivity (Wildman–Crippen MR) is 75.7 cm³/mol. The molecule has 6 heteroatoms. The maximum Gasteiger partial charge on any atom is 0.295 e. The minimum absolute atomic E-state index is 0.0809. The molecule has 1 aliphatic rings. The number of halogens is 2. The molecule has 1 fully saturated rings. The molecule has 0 bridgehead atoms. The van der Waals surface area contributed by atoms with E-state index in [2.05, 4.69) is 10.3 Å². The zero-order chi connectivity index (χ0) is 14.8. The molecule has 4 nitrogen and oxygen atoms in total. The van der Waals surface area contributed by atoms with E-state index in [0.717, 1.165) is 37.8 Å². The molecule has 1 aromatic carbocycles. The molecule has 0 unspecified atom stereocenters. The van der Waals surface area contributed by atoms with Gasteiger partial charge in [0.15, 0.2) is 17.4 Å². The van der Waals surface area contributed by atoms with Gasteiger partial charge in [-0.1, -0.05) is 12.8 Å². The standard InChI is InChI=1S/C15H17F2N3O/c16-10-6-5-9(7-11(10)17)14-8-19-15(21-14)20-13-4-2-1-3-12(13)18/h5-8,12-13H,1-4,18H2,(H,19,20)/t12-,13-/m1/s1. The van der Waals surface area contributed by atoms with Gasteiger partial charge in [-0.25, -0.2) is 13.8 Å². The van der Waals surface area contributed by atoms with Crippen LogP contribution in [0.15, 0.2) is 28.8 Å². The van der Waals surface area contributed by atoms with Crippen molar-refractivity contribution in [1.82, 2.24) is 4.98 Å². The van der Waals surface area contributed by atoms with Gasteiger partial charge >= 0.3 is 0 Å². The molecule has 1 aliphatic carbocycles. The summed E-state index contributed by atoms with van der Waals surface area (Å²) in [5.74, 6) is -1.40. The number of oxazole rings is 1. The van der Waals surface area contributed by atoms with E-state index in [4.69, 9.17) is 10.2 Å². The smallest absolute Gasteiger partial charge is 0.295 e. The highest BCUT2D eigenvalue weighted by atomic mass is 19.2. The molecule has 0 radical (unpaired) electrons. The Morgan fingerprint density at radius 3 is 2.76 bits per heavy atom. The topological polar surface area (TPSA) is 64.1 Å². The van der Waals surface area contributed by atoms with E-state index in [9.17, 15) is 8.78 Å². The first-order valence-electron chi connectivity index (χ1n) is 7.07. The molecule has 2 aromatic rings. The molecule has 1 aromatic heterocycles. The normalized spacial score (nSPS) is 22.2. The van der Waals surface area contributed by atoms with Gasteiger partial charge in [-0.3, -0.25) is 0 Å². The summed E-state index contributed by atoms with van der Waals surface area (Å²) >= 11 is 0. The summed E-state index contributed by atoms with van der Waals surface area (Å²) < 4.78 is 31.7. The van der Waals surface area contributed by atoms with Crippen LogP contribution in [-0.2, 0) is 0 Å². The van der Waals surface area contributed by atoms with Crippen LogP contribution in [0.1, 0.15) is 25.7 Å². The second-order valence-electron chi connectivity index (χ2n) is 5.36. The highest BCUT2D eigenvalue weighted by Crippen LogP contribution is 2.26. The average molecular weight is 293 g/mol. The molecule has 3 rings (SSSR count). The minimum atomic E-state index is -0.910. The maximum absolute atomic E-state index is 13.2. The fourth-order valence-corrected chi connectivity index (χ4v) is 2.62. The van der Waals surface area contributed by atoms with Gasteiger partial charge in [-0.2, -0.15) is 0 Å². The van der Waals surface area contributed by atoms with Crippen LogP contribution in [0.5, 0.6) is 0 Å². The van der Waals surface area contributed by atoms with Gasteiger partial charge in [0, 0.05) is 17.6 Å². The fraction of sp³-hybridized carbons (Fsp3) is 0.400. The number of nitrogens with two attached hydrogens (primary N) is 1. The van der Waals surface area contributed by atoms with E-state index in [1.165, 1.54) is 12.3 Å². The second-order valence-corrected chi connectivity index (χ2v) is 5.36. The lowest BCUT2D eigenvalue weighted by atomic mass is 9.91. The number of aromatic nitrogens is 1. The minimum Gasteiger partial charge on any atom is -0.424 e. The number of rotatable bonds is 3. The third kappa shape index (κ3) is 3.05. The van der Waals surface area contributed by atoms with Crippen LogP contribution in [0.25, 0.3) is 11.3 Å². The first-order chi connectivity index (χ1) is 10.1. The van der Waals surface area contributed by atoms with E-state index >= 15 is 0 Å². The Hall–Kier alpha value is -1.95. The summed E-state index contributed by atoms with van der Waals surface area (Å²) in [6.45, 7) is 0. The summed E-state index contributed by atoms with van der Waals surface area (Å²) in [5, 5.41) is 3.18. The molecule has 2 atom stereocenters. The van der Waals surface area contributed by atoms with Crippen LogP contribution in [-0.4, -0.2) is 17.1 Å². The molecule has 0 amide bonds. The van der Waals surface area contributed by atoms with Crippen molar-refractivity contribution in [2.75, 3.05) is 5.32 Å². The Morgan fingerprint density at radius 2 is 2.00 bits per heavy atom. The molecular weight excluding hydrogens is 276 g/mol. The Labute approximate surface area is 121 Å². The lowest BCUT2D eigenvalue weighted by Crippen LogP contribution is -2.42. The Bertz CT molecular complexity index is 629. The molecule has 0 spiro atoms. The number of anilines is 1. The van der Waals surface area contributed by atoms with Crippen molar-refractivity contribution in [3.63, 3.8) is 0 Å². The molecule has 3 N–H and O–H groups in total. The van der Waals surface area contributed by atoms with E-state index in [0.29, 0.717) is 17.3 Å². The molecule has 1 heterocycles. The molecule has 21 heavy (non-hydrogen) atoms. The Balaban J connectivity index is 1.75. The van der Waals surface area contributed by atoms with Crippen LogP contribution < -0.4 is 11.1 Å². The van der Waals surface area contributed by atoms with Crippen molar-refractivity contribution in [3.8, 4) is 11.3 Å². The second kappa shape index (κ2) is 5.81. The molecule has 0 saturated heterocycles. The van der Waals surface area contributed by atoms with E-state index < -0.39 is 11.6 Å². The van der Waals surface area contributed by atoms with Crippen LogP contribution in [0, 0.1) is 11.6 Å². The van der Waals surface area contributed by atoms with Crippen molar-refractivity contribution >= 4 is 6.01 Å². The average Bonchev–Trinajstić information content (AvgIpc) is 2.93. The number of nitrogens with zero attached hydrogens (tertiary/aromatic N) is 1. The lowest BCUT2D eigenvalue weighted by molar-refractivity contribution is 0.395. The van der Waals surface area contributed by atoms with Gasteiger partial charge in [-0.15, -0.1) is 0 Å². The van der Waals surface area contributed by atoms with E-state index in [-0.39, 0.29) is 12.1 Å². The highest BCUT2D eigenvalue weighted by Gasteiger charge is 2.23. The third-order valence-electron chi connectivity index (χ3n) is 3.84. The first-order valence-corrected chi connectivity index (χ1v) is 7.07. The Morgan fingerprint density at radius 1 is 1.19 bits per heavy atom. The van der Waals surface area contributed by atoms with Crippen LogP contribution >= 0.6 is 0 Å². The number of hydrogen-bond acceptors (Lipinski definition) is 4. The summed E-state index contributed by atoms with van der Waals surface area (Å²) in [6, 6.07) is 4.18. The van der Waals surface area contributed by atoms with Gasteiger partial charge < -0.3 is 15.5 Å². The zero-order valence-electron chi connectivity index (χ0n) is 11.5. The summed E-state index contributed by atoms with van der Waals surface area (Å²) in [6.07, 6.45) is 5.72. The van der Waals surface area contributed by atoms with Crippen molar-refractivity contribution in [2.45, 2.75) is 37.8 Å². The van der Waals surface area contributed by atoms with Crippen molar-refractivity contribution in [2.24, 2.45) is 5.73 Å². The fourth-order valence-electron chi connectivity index (χ4n) is 2.62. The largest absolute Gasteiger partial charge is 0.424 e. The van der Waals surface area contributed by atoms with Crippen LogP contribution in [0.3, 0.4) is 0 Å². The van der Waals surface area contributed by atoms with E-state index in [1.807, 2.05) is 0 Å². The number of benzene rings is 1. The van der Waals surface area contributed by atoms with E-state index in [1.54, 1.807) is 0 Å². The molecular formula is C15H17F2N3O. The quantitative estimate of drug-likeness (QED) is 0.911. The zero-order valence-corrected chi connectivity index (χ0v) is 11.5. The van der Waals surface area contributed by atoms with Gasteiger partial charge in [0.25, 0.3) is 6.01 Å². The molecule has 0 aliphatic heterocycles. The molecule has 112 valence electrons. The number of nitrogens with one attached hydrogen (secondary N) is 1. The van der Waals surface area contributed by atoms with Crippen molar-refractivity contribution in [3.05, 3.63) is 36.0 Å². The summed E-state index contributed by atoms with van der Waals surface area (Å²) in [5.41, 5.74) is 6.50. The third-order valence-corrected chi connectivity index (χ3v) is 3.84. The monoisotopic (exact) mass is 293 g/mol. The van der Waals surface area contributed by atoms with Gasteiger partial charge in [-0.05, 0) is 31.0 Å². The molecule has 1 saturated carbocycles. The predicted octanol–water partition coefficient (Wildman–Crippen LogP) is 3.30. The first kappa shape index (κ1) is 14.0. The van der Waals surface area contributed by atoms with Crippen LogP contribution in [0.2, 0.25) is 0 Å². The summed E-state index contributed by atoms with van der Waals surface area (Å²) in [4.78, 5) is 4.12. The van der Waals surface area contributed by atoms with Crippen LogP contribution in [0.4, 0.5) is 14.8 Å². The van der Waals surface area contributed by atoms with Gasteiger partial charge in [0.2, 0.25) is 0 Å². The maximum atomic E-state index is 13.2. The highest BCUT2D eigenvalue weighted by molar-refractivity contribution is 5.57. The van der Waals surface area contributed by atoms with Gasteiger partial charge in [0.05, 0.1) is 6.20 Å².